The van der Waals surface area contributed by atoms with Crippen LogP contribution in [0.4, 0.5) is 22.0 Å². The third-order valence-electron chi connectivity index (χ3n) is 4.93. The van der Waals surface area contributed by atoms with Crippen LogP contribution in [0.25, 0.3) is 10.8 Å². The number of methoxy groups -OCH3 is 1. The van der Waals surface area contributed by atoms with Gasteiger partial charge in [0, 0.05) is 18.2 Å². The molecule has 34 heavy (non-hydrogen) atoms. The summed E-state index contributed by atoms with van der Waals surface area (Å²) in [4.78, 5) is 0. The molecule has 6 heteroatoms. The van der Waals surface area contributed by atoms with E-state index in [1.165, 1.54) is 19.2 Å². The molecule has 1 nitrogen and oxygen atoms in total. The summed E-state index contributed by atoms with van der Waals surface area (Å²) < 4.78 is 74.5. The molecule has 0 atom stereocenters. The van der Waals surface area contributed by atoms with Crippen molar-refractivity contribution in [2.75, 3.05) is 7.11 Å². The van der Waals surface area contributed by atoms with E-state index in [9.17, 15) is 22.0 Å². The first-order chi connectivity index (χ1) is 16.3. The van der Waals surface area contributed by atoms with E-state index in [1.807, 2.05) is 0 Å². The van der Waals surface area contributed by atoms with Crippen LogP contribution < -0.4 is 0 Å². The largest absolute Gasteiger partial charge is 0.380 e. The molecule has 0 bridgehead atoms. The Kier molecular flexibility index (Phi) is 6.63. The van der Waals surface area contributed by atoms with Crippen LogP contribution in [0.3, 0.4) is 0 Å². The number of hydrogen-bond acceptors (Lipinski definition) is 1. The summed E-state index contributed by atoms with van der Waals surface area (Å²) in [6, 6.07) is 13.2. The van der Waals surface area contributed by atoms with Crippen LogP contribution in [-0.4, -0.2) is 7.11 Å². The Bertz CT molecular complexity index is 1510. The Labute approximate surface area is 192 Å². The number of ether oxygens (including phenoxy) is 1. The van der Waals surface area contributed by atoms with Crippen molar-refractivity contribution in [2.45, 2.75) is 6.61 Å². The fraction of sp³-hybridized carbons (Fsp3) is 0.0714. The van der Waals surface area contributed by atoms with E-state index >= 15 is 0 Å². The summed E-state index contributed by atoms with van der Waals surface area (Å²) in [5.41, 5.74) is 0.699. The highest BCUT2D eigenvalue weighted by Gasteiger charge is 2.09. The van der Waals surface area contributed by atoms with Crippen molar-refractivity contribution >= 4 is 10.8 Å². The van der Waals surface area contributed by atoms with E-state index in [1.54, 1.807) is 18.2 Å². The average Bonchev–Trinajstić information content (AvgIpc) is 2.79. The number of rotatable bonds is 2. The third kappa shape index (κ3) is 5.09. The van der Waals surface area contributed by atoms with Crippen molar-refractivity contribution in [1.82, 2.24) is 0 Å². The van der Waals surface area contributed by atoms with Gasteiger partial charge >= 0.3 is 0 Å². The van der Waals surface area contributed by atoms with Crippen LogP contribution in [0.1, 0.15) is 27.8 Å². The summed E-state index contributed by atoms with van der Waals surface area (Å²) in [5, 5.41) is 0.978. The Morgan fingerprint density at radius 3 is 1.88 bits per heavy atom. The lowest BCUT2D eigenvalue weighted by Crippen LogP contribution is -1.96. The number of benzene rings is 4. The molecule has 0 aliphatic heterocycles. The molecule has 0 saturated carbocycles. The second kappa shape index (κ2) is 9.79. The average molecular weight is 462 g/mol. The van der Waals surface area contributed by atoms with Gasteiger partial charge in [0.1, 0.15) is 17.5 Å². The van der Waals surface area contributed by atoms with Crippen molar-refractivity contribution in [2.24, 2.45) is 0 Å². The van der Waals surface area contributed by atoms with Crippen LogP contribution in [0.2, 0.25) is 0 Å². The Morgan fingerprint density at radius 1 is 0.588 bits per heavy atom. The van der Waals surface area contributed by atoms with Gasteiger partial charge in [-0.25, -0.2) is 22.0 Å². The lowest BCUT2D eigenvalue weighted by Gasteiger charge is -2.03. The predicted molar refractivity (Wildman–Crippen MR) is 119 cm³/mol. The molecule has 0 radical (unpaired) electrons. The maximum atomic E-state index is 14.5. The summed E-state index contributed by atoms with van der Waals surface area (Å²) in [5.74, 6) is 6.18. The molecule has 4 aromatic carbocycles. The van der Waals surface area contributed by atoms with E-state index in [-0.39, 0.29) is 17.7 Å². The van der Waals surface area contributed by atoms with Gasteiger partial charge in [-0.2, -0.15) is 0 Å². The van der Waals surface area contributed by atoms with E-state index in [0.717, 1.165) is 30.3 Å². The van der Waals surface area contributed by atoms with Crippen LogP contribution >= 0.6 is 0 Å². The molecule has 0 aliphatic rings. The normalized spacial score (nSPS) is 10.4. The fourth-order valence-corrected chi connectivity index (χ4v) is 3.28. The maximum absolute atomic E-state index is 14.5. The molecule has 4 rings (SSSR count). The first-order valence-corrected chi connectivity index (χ1v) is 10.0. The molecule has 0 aromatic heterocycles. The molecule has 4 aromatic rings. The molecule has 168 valence electrons. The zero-order valence-electron chi connectivity index (χ0n) is 17.8. The zero-order chi connectivity index (χ0) is 24.2. The molecule has 0 saturated heterocycles. The maximum Gasteiger partial charge on any atom is 0.159 e. The van der Waals surface area contributed by atoms with Crippen molar-refractivity contribution in [3.63, 3.8) is 0 Å². The molecular weight excluding hydrogens is 447 g/mol. The van der Waals surface area contributed by atoms with Crippen molar-refractivity contribution in [3.8, 4) is 23.7 Å². The summed E-state index contributed by atoms with van der Waals surface area (Å²) >= 11 is 0. The minimum atomic E-state index is -0.967. The highest BCUT2D eigenvalue weighted by Crippen LogP contribution is 2.20. The van der Waals surface area contributed by atoms with Crippen LogP contribution in [0.15, 0.2) is 60.7 Å². The number of hydrogen-bond donors (Lipinski definition) is 0. The third-order valence-corrected chi connectivity index (χ3v) is 4.93. The standard InChI is InChI=1S/C28H15F5O/c1-34-16-19-12-25(30)23(26(31)13-19)9-5-18-3-7-20(24(29)11-18)6-2-17-4-8-21-14-27(32)28(33)15-22(21)10-17/h3-4,7-8,10-15H,16H2,1H3. The van der Waals surface area contributed by atoms with E-state index < -0.39 is 34.6 Å². The number of halogens is 5. The van der Waals surface area contributed by atoms with Crippen LogP contribution in [-0.2, 0) is 11.3 Å². The van der Waals surface area contributed by atoms with Gasteiger partial charge in [0.25, 0.3) is 0 Å². The summed E-state index contributed by atoms with van der Waals surface area (Å²) in [7, 11) is 1.41. The molecule has 0 aliphatic carbocycles. The predicted octanol–water partition coefficient (Wildman–Crippen LogP) is 6.48. The highest BCUT2D eigenvalue weighted by atomic mass is 19.2. The highest BCUT2D eigenvalue weighted by molar-refractivity contribution is 5.84. The minimum absolute atomic E-state index is 0.0594. The fourth-order valence-electron chi connectivity index (χ4n) is 3.28. The zero-order valence-corrected chi connectivity index (χ0v) is 17.8. The summed E-state index contributed by atoms with van der Waals surface area (Å²) in [6.07, 6.45) is 0. The van der Waals surface area contributed by atoms with Gasteiger partial charge < -0.3 is 4.74 Å². The smallest absolute Gasteiger partial charge is 0.159 e. The summed E-state index contributed by atoms with van der Waals surface area (Å²) in [6.45, 7) is 0.0594. The van der Waals surface area contributed by atoms with Gasteiger partial charge in [0.2, 0.25) is 0 Å². The second-order valence-corrected chi connectivity index (χ2v) is 7.39. The van der Waals surface area contributed by atoms with Gasteiger partial charge in [0.05, 0.1) is 17.7 Å². The van der Waals surface area contributed by atoms with E-state index in [2.05, 4.69) is 23.7 Å². The van der Waals surface area contributed by atoms with E-state index in [0.29, 0.717) is 21.9 Å². The van der Waals surface area contributed by atoms with Crippen LogP contribution in [0, 0.1) is 52.8 Å². The van der Waals surface area contributed by atoms with Gasteiger partial charge in [-0.1, -0.05) is 29.7 Å². The van der Waals surface area contributed by atoms with Gasteiger partial charge in [-0.15, -0.1) is 0 Å². The molecular formula is C28H15F5O. The molecule has 0 spiro atoms. The first kappa shape index (κ1) is 23.0. The van der Waals surface area contributed by atoms with Crippen molar-refractivity contribution < 1.29 is 26.7 Å². The molecule has 0 heterocycles. The molecule has 0 fully saturated rings. The van der Waals surface area contributed by atoms with Gasteiger partial charge in [-0.3, -0.25) is 0 Å². The number of fused-ring (bicyclic) bond motifs is 1. The van der Waals surface area contributed by atoms with Crippen LogP contribution in [0.5, 0.6) is 0 Å². The van der Waals surface area contributed by atoms with Gasteiger partial charge in [-0.05, 0) is 70.9 Å². The lowest BCUT2D eigenvalue weighted by molar-refractivity contribution is 0.184. The van der Waals surface area contributed by atoms with Gasteiger partial charge in [0.15, 0.2) is 11.6 Å². The second-order valence-electron chi connectivity index (χ2n) is 7.39. The lowest BCUT2D eigenvalue weighted by atomic mass is 10.1. The van der Waals surface area contributed by atoms with E-state index in [4.69, 9.17) is 4.74 Å². The monoisotopic (exact) mass is 462 g/mol. The van der Waals surface area contributed by atoms with Crippen molar-refractivity contribution in [1.29, 1.82) is 0 Å². The Hall–Kier alpha value is -4.13. The first-order valence-electron chi connectivity index (χ1n) is 10.0. The SMILES string of the molecule is COCc1cc(F)c(C#Cc2ccc(C#Cc3ccc4cc(F)c(F)cc4c3)c(F)c2)c(F)c1. The van der Waals surface area contributed by atoms with Crippen molar-refractivity contribution in [3.05, 3.63) is 118 Å². The molecule has 0 amide bonds. The Morgan fingerprint density at radius 2 is 1.21 bits per heavy atom. The minimum Gasteiger partial charge on any atom is -0.380 e. The molecule has 0 unspecified atom stereocenters. The quantitative estimate of drug-likeness (QED) is 0.245. The molecule has 0 N–H and O–H groups in total. The Balaban J connectivity index is 1.58. The topological polar surface area (TPSA) is 9.23 Å².